The number of non-ortho nitro benzene ring substituents is 1. The number of pyridine rings is 1. The van der Waals surface area contributed by atoms with Crippen molar-refractivity contribution < 1.29 is 14.5 Å². The van der Waals surface area contributed by atoms with E-state index >= 15 is 0 Å². The number of hydrogen-bond acceptors (Lipinski definition) is 6. The maximum atomic E-state index is 12.4. The average molecular weight is 328 g/mol. The molecule has 1 aliphatic heterocycles. The van der Waals surface area contributed by atoms with E-state index in [1.165, 1.54) is 23.4 Å². The van der Waals surface area contributed by atoms with E-state index in [1.807, 2.05) is 0 Å². The van der Waals surface area contributed by atoms with Crippen molar-refractivity contribution >= 4 is 34.0 Å². The van der Waals surface area contributed by atoms with Crippen LogP contribution >= 0.6 is 0 Å². The predicted molar refractivity (Wildman–Crippen MR) is 87.4 cm³/mol. The summed E-state index contributed by atoms with van der Waals surface area (Å²) in [7, 11) is 0. The van der Waals surface area contributed by atoms with Crippen molar-refractivity contribution in [3.05, 3.63) is 40.7 Å². The molecule has 1 saturated heterocycles. The molecular formula is C16H16N4O4. The molecule has 1 aromatic carbocycles. The highest BCUT2D eigenvalue weighted by atomic mass is 16.6. The number of likely N-dealkylation sites (tertiary alicyclic amines) is 1. The highest BCUT2D eigenvalue weighted by Gasteiger charge is 2.40. The topological polar surface area (TPSA) is 105 Å². The number of imide groups is 1. The van der Waals surface area contributed by atoms with Crippen LogP contribution in [0.25, 0.3) is 10.8 Å². The Kier molecular flexibility index (Phi) is 3.88. The number of benzene rings is 1. The van der Waals surface area contributed by atoms with Gasteiger partial charge < -0.3 is 5.32 Å². The Hall–Kier alpha value is -3.03. The predicted octanol–water partition coefficient (Wildman–Crippen LogP) is 2.09. The summed E-state index contributed by atoms with van der Waals surface area (Å²) in [6.07, 6.45) is 3.01. The molecule has 0 radical (unpaired) electrons. The number of amides is 2. The van der Waals surface area contributed by atoms with Crippen LogP contribution in [0.4, 0.5) is 11.4 Å². The Morgan fingerprint density at radius 2 is 2.04 bits per heavy atom. The second-order valence-electron chi connectivity index (χ2n) is 5.91. The van der Waals surface area contributed by atoms with Crippen molar-refractivity contribution in [2.24, 2.45) is 0 Å². The summed E-state index contributed by atoms with van der Waals surface area (Å²) in [6.45, 7) is 3.57. The summed E-state index contributed by atoms with van der Waals surface area (Å²) in [5.74, 6) is -0.504. The molecule has 0 aliphatic carbocycles. The Bertz CT molecular complexity index is 849. The third-order valence-electron chi connectivity index (χ3n) is 4.02. The lowest BCUT2D eigenvalue weighted by Crippen LogP contribution is -2.39. The molecule has 0 saturated carbocycles. The number of carbonyl (C=O) groups excluding carboxylic acids is 2. The third kappa shape index (κ3) is 2.55. The van der Waals surface area contributed by atoms with E-state index in [-0.39, 0.29) is 30.0 Å². The standard InChI is InChI=1S/C16H16N4O4/c1-9(2)19-15(21)7-13(16(19)22)18-12-3-4-14(20(23)24)11-8-17-6-5-10(11)12/h3-6,8-9,13,18H,7H2,1-2H3. The Labute approximate surface area is 137 Å². The van der Waals surface area contributed by atoms with E-state index in [9.17, 15) is 19.7 Å². The third-order valence-corrected chi connectivity index (χ3v) is 4.02. The largest absolute Gasteiger partial charge is 0.373 e. The zero-order valence-corrected chi connectivity index (χ0v) is 13.2. The summed E-state index contributed by atoms with van der Waals surface area (Å²) >= 11 is 0. The fraction of sp³-hybridized carbons (Fsp3) is 0.312. The molecule has 1 aliphatic rings. The van der Waals surface area contributed by atoms with Gasteiger partial charge in [0.15, 0.2) is 0 Å². The summed E-state index contributed by atoms with van der Waals surface area (Å²) in [5, 5.41) is 15.2. The van der Waals surface area contributed by atoms with Crippen molar-refractivity contribution in [1.82, 2.24) is 9.88 Å². The molecule has 8 nitrogen and oxygen atoms in total. The Balaban J connectivity index is 1.97. The van der Waals surface area contributed by atoms with E-state index < -0.39 is 11.0 Å². The van der Waals surface area contributed by atoms with Crippen molar-refractivity contribution in [2.45, 2.75) is 32.4 Å². The minimum absolute atomic E-state index is 0.0544. The number of rotatable bonds is 4. The van der Waals surface area contributed by atoms with E-state index in [0.717, 1.165) is 0 Å². The zero-order valence-electron chi connectivity index (χ0n) is 13.2. The lowest BCUT2D eigenvalue weighted by molar-refractivity contribution is -0.383. The maximum Gasteiger partial charge on any atom is 0.278 e. The monoisotopic (exact) mass is 328 g/mol. The lowest BCUT2D eigenvalue weighted by Gasteiger charge is -2.19. The minimum atomic E-state index is -0.669. The smallest absolute Gasteiger partial charge is 0.278 e. The van der Waals surface area contributed by atoms with E-state index in [0.29, 0.717) is 16.5 Å². The van der Waals surface area contributed by atoms with Crippen molar-refractivity contribution in [3.63, 3.8) is 0 Å². The lowest BCUT2D eigenvalue weighted by atomic mass is 10.1. The summed E-state index contributed by atoms with van der Waals surface area (Å²) in [4.78, 5) is 40.2. The first-order valence-corrected chi connectivity index (χ1v) is 7.53. The van der Waals surface area contributed by atoms with Gasteiger partial charge in [0, 0.05) is 35.6 Å². The number of carbonyl (C=O) groups is 2. The highest BCUT2D eigenvalue weighted by molar-refractivity contribution is 6.08. The van der Waals surface area contributed by atoms with E-state index in [2.05, 4.69) is 10.3 Å². The zero-order chi connectivity index (χ0) is 17.4. The first-order valence-electron chi connectivity index (χ1n) is 7.53. The number of anilines is 1. The molecule has 2 heterocycles. The van der Waals surface area contributed by atoms with Gasteiger partial charge in [0.2, 0.25) is 5.91 Å². The molecule has 3 rings (SSSR count). The SMILES string of the molecule is CC(C)N1C(=O)CC(Nc2ccc([N+](=O)[O-])c3cnccc23)C1=O. The van der Waals surface area contributed by atoms with Crippen LogP contribution in [0, 0.1) is 10.1 Å². The Morgan fingerprint density at radius 1 is 1.29 bits per heavy atom. The van der Waals surface area contributed by atoms with Crippen molar-refractivity contribution in [2.75, 3.05) is 5.32 Å². The van der Waals surface area contributed by atoms with Crippen LogP contribution in [-0.2, 0) is 9.59 Å². The molecule has 24 heavy (non-hydrogen) atoms. The average Bonchev–Trinajstić information content (AvgIpc) is 2.81. The normalized spacial score (nSPS) is 17.8. The fourth-order valence-electron chi connectivity index (χ4n) is 2.95. The van der Waals surface area contributed by atoms with Gasteiger partial charge in [-0.2, -0.15) is 0 Å². The van der Waals surface area contributed by atoms with Crippen molar-refractivity contribution in [1.29, 1.82) is 0 Å². The van der Waals surface area contributed by atoms with Crippen LogP contribution in [0.15, 0.2) is 30.6 Å². The van der Waals surface area contributed by atoms with Gasteiger partial charge in [-0.05, 0) is 26.0 Å². The van der Waals surface area contributed by atoms with E-state index in [1.54, 1.807) is 26.0 Å². The molecule has 1 unspecified atom stereocenters. The molecule has 1 fully saturated rings. The second-order valence-corrected chi connectivity index (χ2v) is 5.91. The van der Waals surface area contributed by atoms with E-state index in [4.69, 9.17) is 0 Å². The van der Waals surface area contributed by atoms with Crippen LogP contribution < -0.4 is 5.32 Å². The number of nitro benzene ring substituents is 1. The van der Waals surface area contributed by atoms with Gasteiger partial charge in [0.25, 0.3) is 11.6 Å². The van der Waals surface area contributed by atoms with Crippen LogP contribution in [-0.4, -0.2) is 38.7 Å². The minimum Gasteiger partial charge on any atom is -0.373 e. The van der Waals surface area contributed by atoms with Crippen LogP contribution in [0.5, 0.6) is 0 Å². The number of nitro groups is 1. The van der Waals surface area contributed by atoms with Crippen LogP contribution in [0.2, 0.25) is 0 Å². The van der Waals surface area contributed by atoms with Gasteiger partial charge in [-0.3, -0.25) is 29.6 Å². The molecular weight excluding hydrogens is 312 g/mol. The number of aromatic nitrogens is 1. The van der Waals surface area contributed by atoms with Gasteiger partial charge >= 0.3 is 0 Å². The van der Waals surface area contributed by atoms with Gasteiger partial charge in [-0.15, -0.1) is 0 Å². The quantitative estimate of drug-likeness (QED) is 0.523. The summed E-state index contributed by atoms with van der Waals surface area (Å²) in [6, 6.07) is 3.70. The number of hydrogen-bond donors (Lipinski definition) is 1. The highest BCUT2D eigenvalue weighted by Crippen LogP contribution is 2.32. The fourth-order valence-corrected chi connectivity index (χ4v) is 2.95. The molecule has 2 aromatic rings. The van der Waals surface area contributed by atoms with Gasteiger partial charge in [-0.1, -0.05) is 0 Å². The summed E-state index contributed by atoms with van der Waals surface area (Å²) < 4.78 is 0. The maximum absolute atomic E-state index is 12.4. The Morgan fingerprint density at radius 3 is 2.67 bits per heavy atom. The second kappa shape index (κ2) is 5.88. The number of fused-ring (bicyclic) bond motifs is 1. The first kappa shape index (κ1) is 15.9. The van der Waals surface area contributed by atoms with Crippen molar-refractivity contribution in [3.8, 4) is 0 Å². The first-order chi connectivity index (χ1) is 11.4. The number of nitrogens with zero attached hydrogens (tertiary/aromatic N) is 3. The molecule has 1 aromatic heterocycles. The molecule has 8 heteroatoms. The number of nitrogens with one attached hydrogen (secondary N) is 1. The molecule has 1 atom stereocenters. The molecule has 0 spiro atoms. The molecule has 1 N–H and O–H groups in total. The van der Waals surface area contributed by atoms with Crippen LogP contribution in [0.1, 0.15) is 20.3 Å². The van der Waals surface area contributed by atoms with Gasteiger partial charge in [-0.25, -0.2) is 0 Å². The molecule has 2 amide bonds. The molecule has 0 bridgehead atoms. The van der Waals surface area contributed by atoms with Gasteiger partial charge in [0.05, 0.1) is 16.7 Å². The summed E-state index contributed by atoms with van der Waals surface area (Å²) in [5.41, 5.74) is 0.510. The van der Waals surface area contributed by atoms with Crippen LogP contribution in [0.3, 0.4) is 0 Å². The molecule has 124 valence electrons. The van der Waals surface area contributed by atoms with Gasteiger partial charge in [0.1, 0.15) is 6.04 Å².